The first-order valence-electron chi connectivity index (χ1n) is 8.12. The van der Waals surface area contributed by atoms with E-state index in [0.717, 1.165) is 25.9 Å². The fourth-order valence-corrected chi connectivity index (χ4v) is 2.35. The summed E-state index contributed by atoms with van der Waals surface area (Å²) in [6.45, 7) is 3.38. The lowest BCUT2D eigenvalue weighted by Gasteiger charge is -2.31. The van der Waals surface area contributed by atoms with Crippen LogP contribution in [0.2, 0.25) is 0 Å². The van der Waals surface area contributed by atoms with Crippen LogP contribution in [0.5, 0.6) is 12.0 Å². The van der Waals surface area contributed by atoms with Crippen molar-refractivity contribution in [3.8, 4) is 12.0 Å². The number of anilines is 1. The van der Waals surface area contributed by atoms with Crippen LogP contribution in [0.4, 0.5) is 5.95 Å². The van der Waals surface area contributed by atoms with E-state index in [1.54, 1.807) is 14.2 Å². The molecule has 136 valence electrons. The Bertz CT molecular complexity index is 455. The van der Waals surface area contributed by atoms with Gasteiger partial charge in [-0.2, -0.15) is 9.97 Å². The summed E-state index contributed by atoms with van der Waals surface area (Å²) in [6.07, 6.45) is 1.81. The number of piperidine rings is 1. The van der Waals surface area contributed by atoms with Crippen molar-refractivity contribution >= 4 is 5.95 Å². The van der Waals surface area contributed by atoms with Crippen LogP contribution in [0, 0.1) is 5.92 Å². The summed E-state index contributed by atoms with van der Waals surface area (Å²) in [7, 11) is 3.21. The number of aliphatic hydroxyl groups excluding tert-OH is 1. The predicted octanol–water partition coefficient (Wildman–Crippen LogP) is 0.131. The number of hydrogen-bond acceptors (Lipinski definition) is 9. The molecule has 0 atom stereocenters. The topological polar surface area (TPSA) is 99.1 Å². The van der Waals surface area contributed by atoms with E-state index in [4.69, 9.17) is 18.9 Å². The molecule has 1 aromatic rings. The third-order valence-electron chi connectivity index (χ3n) is 3.78. The molecule has 2 heterocycles. The van der Waals surface area contributed by atoms with Crippen LogP contribution in [0.25, 0.3) is 0 Å². The Hall–Kier alpha value is -1.71. The van der Waals surface area contributed by atoms with Gasteiger partial charge in [0.1, 0.15) is 13.2 Å². The summed E-state index contributed by atoms with van der Waals surface area (Å²) in [6, 6.07) is 0.433. The van der Waals surface area contributed by atoms with Crippen molar-refractivity contribution in [1.29, 1.82) is 0 Å². The largest absolute Gasteiger partial charge is 0.461 e. The minimum Gasteiger partial charge on any atom is -0.461 e. The lowest BCUT2D eigenvalue weighted by atomic mass is 9.98. The van der Waals surface area contributed by atoms with Crippen LogP contribution in [-0.4, -0.2) is 80.4 Å². The first-order chi connectivity index (χ1) is 11.8. The molecule has 0 radical (unpaired) electrons. The summed E-state index contributed by atoms with van der Waals surface area (Å²) in [5, 5.41) is 9.25. The Morgan fingerprint density at radius 1 is 0.917 bits per heavy atom. The van der Waals surface area contributed by atoms with Gasteiger partial charge in [-0.05, 0) is 18.8 Å². The monoisotopic (exact) mass is 342 g/mol. The molecule has 0 unspecified atom stereocenters. The zero-order valence-electron chi connectivity index (χ0n) is 14.3. The molecule has 0 bridgehead atoms. The molecule has 0 aromatic carbocycles. The van der Waals surface area contributed by atoms with Gasteiger partial charge in [0, 0.05) is 33.9 Å². The highest BCUT2D eigenvalue weighted by molar-refractivity contribution is 5.32. The van der Waals surface area contributed by atoms with Gasteiger partial charge >= 0.3 is 12.0 Å². The smallest absolute Gasteiger partial charge is 0.324 e. The molecule has 0 amide bonds. The Kier molecular flexibility index (Phi) is 7.93. The van der Waals surface area contributed by atoms with Crippen molar-refractivity contribution in [1.82, 2.24) is 15.0 Å². The molecular weight excluding hydrogens is 316 g/mol. The number of hydrogen-bond donors (Lipinski definition) is 1. The van der Waals surface area contributed by atoms with Crippen LogP contribution in [-0.2, 0) is 9.47 Å². The minimum atomic E-state index is 0.216. The van der Waals surface area contributed by atoms with Crippen molar-refractivity contribution in [3.05, 3.63) is 0 Å². The molecule has 24 heavy (non-hydrogen) atoms. The maximum atomic E-state index is 9.25. The molecule has 1 fully saturated rings. The van der Waals surface area contributed by atoms with Gasteiger partial charge in [0.2, 0.25) is 5.95 Å². The second-order valence-corrected chi connectivity index (χ2v) is 5.50. The molecule has 9 heteroatoms. The molecule has 9 nitrogen and oxygen atoms in total. The zero-order chi connectivity index (χ0) is 17.2. The van der Waals surface area contributed by atoms with E-state index < -0.39 is 0 Å². The number of aliphatic hydroxyl groups is 1. The van der Waals surface area contributed by atoms with Gasteiger partial charge in [-0.15, -0.1) is 4.98 Å². The van der Waals surface area contributed by atoms with Crippen molar-refractivity contribution in [2.24, 2.45) is 5.92 Å². The van der Waals surface area contributed by atoms with E-state index in [1.807, 2.05) is 0 Å². The molecular formula is C15H26N4O5. The fraction of sp³-hybridized carbons (Fsp3) is 0.800. The van der Waals surface area contributed by atoms with E-state index in [9.17, 15) is 5.11 Å². The molecule has 1 aliphatic rings. The van der Waals surface area contributed by atoms with Gasteiger partial charge in [-0.1, -0.05) is 0 Å². The molecule has 0 saturated carbocycles. The zero-order valence-corrected chi connectivity index (χ0v) is 14.3. The molecule has 2 rings (SSSR count). The summed E-state index contributed by atoms with van der Waals surface area (Å²) in [5.74, 6) is 0.874. The fourth-order valence-electron chi connectivity index (χ4n) is 2.35. The molecule has 1 saturated heterocycles. The van der Waals surface area contributed by atoms with Crippen LogP contribution < -0.4 is 14.4 Å². The SMILES string of the molecule is COCCOc1nc(OCCOC)nc(N2CCC(CO)CC2)n1. The molecule has 1 aliphatic heterocycles. The van der Waals surface area contributed by atoms with E-state index in [2.05, 4.69) is 19.9 Å². The highest BCUT2D eigenvalue weighted by atomic mass is 16.5. The van der Waals surface area contributed by atoms with Gasteiger partial charge < -0.3 is 29.0 Å². The number of aromatic nitrogens is 3. The van der Waals surface area contributed by atoms with E-state index in [1.165, 1.54) is 0 Å². The maximum absolute atomic E-state index is 9.25. The van der Waals surface area contributed by atoms with Crippen molar-refractivity contribution in [2.45, 2.75) is 12.8 Å². The van der Waals surface area contributed by atoms with Crippen molar-refractivity contribution in [3.63, 3.8) is 0 Å². The molecule has 1 N–H and O–H groups in total. The van der Waals surface area contributed by atoms with Gasteiger partial charge in [0.05, 0.1) is 13.2 Å². The van der Waals surface area contributed by atoms with E-state index in [-0.39, 0.29) is 18.6 Å². The predicted molar refractivity (Wildman–Crippen MR) is 86.6 cm³/mol. The lowest BCUT2D eigenvalue weighted by Crippen LogP contribution is -2.36. The molecule has 0 spiro atoms. The normalized spacial score (nSPS) is 15.5. The van der Waals surface area contributed by atoms with Crippen LogP contribution in [0.3, 0.4) is 0 Å². The number of rotatable bonds is 10. The Morgan fingerprint density at radius 3 is 1.92 bits per heavy atom. The number of methoxy groups -OCH3 is 2. The Balaban J connectivity index is 2.06. The first-order valence-corrected chi connectivity index (χ1v) is 8.12. The van der Waals surface area contributed by atoms with Crippen molar-refractivity contribution < 1.29 is 24.1 Å². The third-order valence-corrected chi connectivity index (χ3v) is 3.78. The van der Waals surface area contributed by atoms with Gasteiger partial charge in [0.25, 0.3) is 0 Å². The summed E-state index contributed by atoms with van der Waals surface area (Å²) in [5.41, 5.74) is 0. The van der Waals surface area contributed by atoms with Crippen LogP contribution >= 0.6 is 0 Å². The molecule has 0 aliphatic carbocycles. The number of nitrogens with zero attached hydrogens (tertiary/aromatic N) is 4. The van der Waals surface area contributed by atoms with Crippen molar-refractivity contribution in [2.75, 3.05) is 65.2 Å². The maximum Gasteiger partial charge on any atom is 0.324 e. The number of ether oxygens (including phenoxy) is 4. The second kappa shape index (κ2) is 10.2. The Morgan fingerprint density at radius 2 is 1.46 bits per heavy atom. The van der Waals surface area contributed by atoms with Gasteiger partial charge in [0.15, 0.2) is 0 Å². The molecule has 1 aromatic heterocycles. The van der Waals surface area contributed by atoms with Crippen LogP contribution in [0.15, 0.2) is 0 Å². The average molecular weight is 342 g/mol. The highest BCUT2D eigenvalue weighted by Gasteiger charge is 2.22. The quantitative estimate of drug-likeness (QED) is 0.595. The summed E-state index contributed by atoms with van der Waals surface area (Å²) < 4.78 is 20.9. The summed E-state index contributed by atoms with van der Waals surface area (Å²) in [4.78, 5) is 14.9. The van der Waals surface area contributed by atoms with Gasteiger partial charge in [-0.25, -0.2) is 0 Å². The lowest BCUT2D eigenvalue weighted by molar-refractivity contribution is 0.132. The summed E-state index contributed by atoms with van der Waals surface area (Å²) >= 11 is 0. The highest BCUT2D eigenvalue weighted by Crippen LogP contribution is 2.23. The first kappa shape index (κ1) is 18.6. The standard InChI is InChI=1S/C15H26N4O5/c1-21-7-9-23-14-16-13(17-15(18-14)24-10-8-22-2)19-5-3-12(11-20)4-6-19/h12,20H,3-11H2,1-2H3. The Labute approximate surface area is 141 Å². The van der Waals surface area contributed by atoms with Gasteiger partial charge in [-0.3, -0.25) is 0 Å². The second-order valence-electron chi connectivity index (χ2n) is 5.50. The van der Waals surface area contributed by atoms with Crippen LogP contribution in [0.1, 0.15) is 12.8 Å². The minimum absolute atomic E-state index is 0.216. The average Bonchev–Trinajstić information content (AvgIpc) is 2.62. The van der Waals surface area contributed by atoms with E-state index in [0.29, 0.717) is 38.3 Å². The third kappa shape index (κ3) is 5.73. The van der Waals surface area contributed by atoms with E-state index >= 15 is 0 Å².